The van der Waals surface area contributed by atoms with Crippen LogP contribution in [-0.4, -0.2) is 35.6 Å². The SMILES string of the molecule is Cc1cc(C(=O)COC(=O)Cc2ccc(F)cc2)c(C)n1CC1COc2ccccc2O1. The summed E-state index contributed by atoms with van der Waals surface area (Å²) < 4.78 is 31.9. The molecule has 1 atom stereocenters. The number of para-hydroxylation sites is 2. The Hall–Kier alpha value is -3.61. The molecule has 2 heterocycles. The van der Waals surface area contributed by atoms with Gasteiger partial charge in [-0.2, -0.15) is 0 Å². The van der Waals surface area contributed by atoms with Gasteiger partial charge >= 0.3 is 5.97 Å². The van der Waals surface area contributed by atoms with Crippen molar-refractivity contribution in [1.82, 2.24) is 4.57 Å². The molecule has 0 amide bonds. The van der Waals surface area contributed by atoms with Crippen molar-refractivity contribution in [3.63, 3.8) is 0 Å². The molecular weight excluding hydrogens is 413 g/mol. The van der Waals surface area contributed by atoms with Crippen molar-refractivity contribution in [2.45, 2.75) is 32.9 Å². The summed E-state index contributed by atoms with van der Waals surface area (Å²) in [5, 5.41) is 0. The van der Waals surface area contributed by atoms with Gasteiger partial charge in [-0.3, -0.25) is 9.59 Å². The molecule has 1 aromatic heterocycles. The number of aromatic nitrogens is 1. The topological polar surface area (TPSA) is 66.8 Å². The van der Waals surface area contributed by atoms with Crippen LogP contribution in [0.3, 0.4) is 0 Å². The number of ether oxygens (including phenoxy) is 3. The van der Waals surface area contributed by atoms with E-state index in [1.165, 1.54) is 24.3 Å². The van der Waals surface area contributed by atoms with Gasteiger partial charge in [-0.05, 0) is 49.7 Å². The number of fused-ring (bicyclic) bond motifs is 1. The van der Waals surface area contributed by atoms with Crippen LogP contribution in [0.1, 0.15) is 27.3 Å². The quantitative estimate of drug-likeness (QED) is 0.412. The number of rotatable bonds is 7. The van der Waals surface area contributed by atoms with Gasteiger partial charge in [-0.15, -0.1) is 0 Å². The Morgan fingerprint density at radius 1 is 1.09 bits per heavy atom. The molecule has 0 spiro atoms. The zero-order valence-electron chi connectivity index (χ0n) is 18.0. The first-order valence-electron chi connectivity index (χ1n) is 10.4. The molecule has 0 fully saturated rings. The van der Waals surface area contributed by atoms with Crippen LogP contribution in [0.4, 0.5) is 4.39 Å². The zero-order chi connectivity index (χ0) is 22.7. The lowest BCUT2D eigenvalue weighted by Gasteiger charge is -2.27. The van der Waals surface area contributed by atoms with E-state index in [1.54, 1.807) is 6.07 Å². The Morgan fingerprint density at radius 2 is 1.81 bits per heavy atom. The molecule has 1 aliphatic heterocycles. The largest absolute Gasteiger partial charge is 0.486 e. The molecular formula is C25H24FNO5. The summed E-state index contributed by atoms with van der Waals surface area (Å²) in [6.07, 6.45) is -0.209. The molecule has 32 heavy (non-hydrogen) atoms. The fraction of sp³-hybridized carbons (Fsp3) is 0.280. The van der Waals surface area contributed by atoms with Gasteiger partial charge in [0.1, 0.15) is 12.4 Å². The molecule has 0 saturated carbocycles. The lowest BCUT2D eigenvalue weighted by molar-refractivity contribution is -0.141. The van der Waals surface area contributed by atoms with E-state index in [2.05, 4.69) is 0 Å². The van der Waals surface area contributed by atoms with E-state index in [9.17, 15) is 14.0 Å². The molecule has 1 aliphatic rings. The van der Waals surface area contributed by atoms with Gasteiger partial charge in [0, 0.05) is 17.0 Å². The van der Waals surface area contributed by atoms with Crippen molar-refractivity contribution in [1.29, 1.82) is 0 Å². The Bertz CT molecular complexity index is 1140. The van der Waals surface area contributed by atoms with Gasteiger partial charge in [0.05, 0.1) is 13.0 Å². The number of hydrogen-bond donors (Lipinski definition) is 0. The van der Waals surface area contributed by atoms with Crippen LogP contribution in [0.5, 0.6) is 11.5 Å². The van der Waals surface area contributed by atoms with Crippen LogP contribution in [0.25, 0.3) is 0 Å². The summed E-state index contributed by atoms with van der Waals surface area (Å²) in [5.41, 5.74) is 2.82. The van der Waals surface area contributed by atoms with Crippen LogP contribution in [0.15, 0.2) is 54.6 Å². The number of ketones is 1. The molecule has 1 unspecified atom stereocenters. The number of aryl methyl sites for hydroxylation is 1. The molecule has 0 saturated heterocycles. The van der Waals surface area contributed by atoms with Crippen LogP contribution >= 0.6 is 0 Å². The van der Waals surface area contributed by atoms with Crippen molar-refractivity contribution < 1.29 is 28.2 Å². The number of carbonyl (C=O) groups excluding carboxylic acids is 2. The molecule has 3 aromatic rings. The van der Waals surface area contributed by atoms with Gasteiger partial charge in [0.15, 0.2) is 24.2 Å². The highest BCUT2D eigenvalue weighted by Gasteiger charge is 2.24. The van der Waals surface area contributed by atoms with Crippen molar-refractivity contribution in [2.75, 3.05) is 13.2 Å². The Morgan fingerprint density at radius 3 is 2.56 bits per heavy atom. The summed E-state index contributed by atoms with van der Waals surface area (Å²) in [6, 6.07) is 14.9. The molecule has 4 rings (SSSR count). The summed E-state index contributed by atoms with van der Waals surface area (Å²) in [4.78, 5) is 24.7. The van der Waals surface area contributed by atoms with Crippen molar-refractivity contribution >= 4 is 11.8 Å². The average Bonchev–Trinajstić information content (AvgIpc) is 3.07. The summed E-state index contributed by atoms with van der Waals surface area (Å²) in [6.45, 7) is 4.38. The van der Waals surface area contributed by atoms with E-state index in [4.69, 9.17) is 14.2 Å². The number of esters is 1. The molecule has 0 radical (unpaired) electrons. The van der Waals surface area contributed by atoms with E-state index in [-0.39, 0.29) is 30.7 Å². The predicted octanol–water partition coefficient (Wildman–Crippen LogP) is 4.05. The molecule has 7 heteroatoms. The molecule has 0 N–H and O–H groups in total. The number of nitrogens with zero attached hydrogens (tertiary/aromatic N) is 1. The number of carbonyl (C=O) groups is 2. The maximum atomic E-state index is 13.0. The molecule has 2 aromatic carbocycles. The van der Waals surface area contributed by atoms with Crippen LogP contribution in [0.2, 0.25) is 0 Å². The first-order chi connectivity index (χ1) is 15.4. The van der Waals surface area contributed by atoms with Crippen LogP contribution < -0.4 is 9.47 Å². The minimum absolute atomic E-state index is 0.0208. The maximum Gasteiger partial charge on any atom is 0.310 e. The van der Waals surface area contributed by atoms with Crippen LogP contribution in [-0.2, 0) is 22.5 Å². The summed E-state index contributed by atoms with van der Waals surface area (Å²) in [7, 11) is 0. The Kier molecular flexibility index (Phi) is 6.25. The maximum absolute atomic E-state index is 13.0. The van der Waals surface area contributed by atoms with Crippen molar-refractivity contribution in [3.8, 4) is 11.5 Å². The number of benzene rings is 2. The van der Waals surface area contributed by atoms with Gasteiger partial charge in [0.2, 0.25) is 5.78 Å². The van der Waals surface area contributed by atoms with Gasteiger partial charge in [0.25, 0.3) is 0 Å². The van der Waals surface area contributed by atoms with E-state index in [1.807, 2.05) is 42.7 Å². The molecule has 166 valence electrons. The van der Waals surface area contributed by atoms with Crippen LogP contribution in [0, 0.1) is 19.7 Å². The minimum Gasteiger partial charge on any atom is -0.486 e. The van der Waals surface area contributed by atoms with E-state index in [0.717, 1.165) is 17.1 Å². The van der Waals surface area contributed by atoms with E-state index >= 15 is 0 Å². The highest BCUT2D eigenvalue weighted by Crippen LogP contribution is 2.31. The fourth-order valence-electron chi connectivity index (χ4n) is 3.76. The van der Waals surface area contributed by atoms with Crippen molar-refractivity contribution in [3.05, 3.63) is 82.9 Å². The van der Waals surface area contributed by atoms with Crippen molar-refractivity contribution in [2.24, 2.45) is 0 Å². The highest BCUT2D eigenvalue weighted by molar-refractivity contribution is 5.99. The standard InChI is InChI=1S/C25H24FNO5/c1-16-11-21(22(28)15-31-25(29)12-18-7-9-19(26)10-8-18)17(2)27(16)13-20-14-30-23-5-3-4-6-24(23)32-20/h3-11,20H,12-15H2,1-2H3. The third kappa shape index (κ3) is 4.82. The lowest BCUT2D eigenvalue weighted by atomic mass is 10.1. The fourth-order valence-corrected chi connectivity index (χ4v) is 3.76. The van der Waals surface area contributed by atoms with Gasteiger partial charge in [-0.25, -0.2) is 4.39 Å². The normalized spacial score (nSPS) is 14.8. The second-order valence-electron chi connectivity index (χ2n) is 7.78. The third-order valence-electron chi connectivity index (χ3n) is 5.45. The van der Waals surface area contributed by atoms with Gasteiger partial charge < -0.3 is 18.8 Å². The predicted molar refractivity (Wildman–Crippen MR) is 116 cm³/mol. The first-order valence-corrected chi connectivity index (χ1v) is 10.4. The number of Topliss-reactive ketones (excluding diaryl/α,β-unsaturated/α-hetero) is 1. The monoisotopic (exact) mass is 437 g/mol. The first kappa shape index (κ1) is 21.6. The average molecular weight is 437 g/mol. The number of halogens is 1. The highest BCUT2D eigenvalue weighted by atomic mass is 19.1. The second kappa shape index (κ2) is 9.26. The second-order valence-corrected chi connectivity index (χ2v) is 7.78. The van der Waals surface area contributed by atoms with Gasteiger partial charge in [-0.1, -0.05) is 24.3 Å². The molecule has 6 nitrogen and oxygen atoms in total. The minimum atomic E-state index is -0.537. The number of hydrogen-bond acceptors (Lipinski definition) is 5. The van der Waals surface area contributed by atoms with E-state index < -0.39 is 5.97 Å². The summed E-state index contributed by atoms with van der Waals surface area (Å²) in [5.74, 6) is 0.244. The Balaban J connectivity index is 1.36. The zero-order valence-corrected chi connectivity index (χ0v) is 18.0. The molecule has 0 aliphatic carbocycles. The summed E-state index contributed by atoms with van der Waals surface area (Å²) >= 11 is 0. The Labute approximate surface area is 185 Å². The lowest BCUT2D eigenvalue weighted by Crippen LogP contribution is -2.33. The smallest absolute Gasteiger partial charge is 0.310 e. The molecule has 0 bridgehead atoms. The van der Waals surface area contributed by atoms with E-state index in [0.29, 0.717) is 30.0 Å². The third-order valence-corrected chi connectivity index (χ3v) is 5.45.